The van der Waals surface area contributed by atoms with Gasteiger partial charge in [0, 0.05) is 19.2 Å². The molecule has 22 heavy (non-hydrogen) atoms. The van der Waals surface area contributed by atoms with Crippen molar-refractivity contribution in [3.8, 4) is 0 Å². The van der Waals surface area contributed by atoms with Crippen LogP contribution >= 0.6 is 11.3 Å². The molecular weight excluding hydrogens is 302 g/mol. The molecule has 0 aliphatic heterocycles. The zero-order valence-electron chi connectivity index (χ0n) is 12.2. The second-order valence-electron chi connectivity index (χ2n) is 4.84. The number of amides is 1. The average molecular weight is 319 g/mol. The molecule has 0 atom stereocenters. The lowest BCUT2D eigenvalue weighted by molar-refractivity contribution is -0.116. The summed E-state index contributed by atoms with van der Waals surface area (Å²) in [6.45, 7) is 0.291. The molecule has 2 rings (SSSR count). The van der Waals surface area contributed by atoms with Crippen molar-refractivity contribution < 1.29 is 19.4 Å². The second-order valence-corrected chi connectivity index (χ2v) is 5.62. The number of aryl methyl sites for hydroxylation is 1. The van der Waals surface area contributed by atoms with Gasteiger partial charge in [0.15, 0.2) is 0 Å². The van der Waals surface area contributed by atoms with E-state index in [4.69, 9.17) is 9.84 Å². The van der Waals surface area contributed by atoms with E-state index in [1.165, 1.54) is 19.2 Å². The molecule has 2 N–H and O–H groups in total. The van der Waals surface area contributed by atoms with Gasteiger partial charge in [0.25, 0.3) is 0 Å². The highest BCUT2D eigenvalue weighted by Gasteiger charge is 2.10. The van der Waals surface area contributed by atoms with Gasteiger partial charge in [-0.25, -0.2) is 4.79 Å². The van der Waals surface area contributed by atoms with Gasteiger partial charge >= 0.3 is 5.97 Å². The van der Waals surface area contributed by atoms with Crippen molar-refractivity contribution in [3.05, 3.63) is 51.7 Å². The molecule has 1 heterocycles. The Morgan fingerprint density at radius 2 is 2.09 bits per heavy atom. The molecule has 5 nitrogen and oxygen atoms in total. The third kappa shape index (κ3) is 4.68. The maximum atomic E-state index is 12.0. The Labute approximate surface area is 132 Å². The van der Waals surface area contributed by atoms with Crippen LogP contribution in [0.5, 0.6) is 0 Å². The predicted molar refractivity (Wildman–Crippen MR) is 85.4 cm³/mol. The summed E-state index contributed by atoms with van der Waals surface area (Å²) in [5.41, 5.74) is 2.43. The number of thiophene rings is 1. The van der Waals surface area contributed by atoms with Crippen LogP contribution in [0.25, 0.3) is 0 Å². The molecule has 0 bridgehead atoms. The number of hydrogen-bond acceptors (Lipinski definition) is 4. The highest BCUT2D eigenvalue weighted by molar-refractivity contribution is 7.07. The Morgan fingerprint density at radius 1 is 1.27 bits per heavy atom. The lowest BCUT2D eigenvalue weighted by atomic mass is 10.1. The first-order valence-electron chi connectivity index (χ1n) is 6.75. The van der Waals surface area contributed by atoms with Crippen molar-refractivity contribution in [3.63, 3.8) is 0 Å². The fraction of sp³-hybridized carbons (Fsp3) is 0.250. The molecule has 0 unspecified atom stereocenters. The quantitative estimate of drug-likeness (QED) is 0.822. The minimum absolute atomic E-state index is 0.127. The van der Waals surface area contributed by atoms with Gasteiger partial charge in [-0.05, 0) is 52.6 Å². The highest BCUT2D eigenvalue weighted by atomic mass is 32.1. The number of nitrogens with one attached hydrogen (secondary N) is 1. The first-order chi connectivity index (χ1) is 10.6. The van der Waals surface area contributed by atoms with E-state index in [0.29, 0.717) is 30.7 Å². The molecule has 0 aliphatic rings. The highest BCUT2D eigenvalue weighted by Crippen LogP contribution is 2.17. The molecule has 1 amide bonds. The molecule has 0 aliphatic carbocycles. The maximum Gasteiger partial charge on any atom is 0.335 e. The SMILES string of the molecule is COCc1cc(NC(=O)CCc2ccsc2)cc(C(=O)O)c1. The number of carbonyl (C=O) groups is 2. The summed E-state index contributed by atoms with van der Waals surface area (Å²) in [4.78, 5) is 23.1. The van der Waals surface area contributed by atoms with Gasteiger partial charge in [0.2, 0.25) is 5.91 Å². The summed E-state index contributed by atoms with van der Waals surface area (Å²) in [6, 6.07) is 6.69. The monoisotopic (exact) mass is 319 g/mol. The van der Waals surface area contributed by atoms with E-state index in [0.717, 1.165) is 5.56 Å². The van der Waals surface area contributed by atoms with Crippen LogP contribution in [-0.2, 0) is 22.6 Å². The first kappa shape index (κ1) is 16.2. The van der Waals surface area contributed by atoms with Gasteiger partial charge in [-0.15, -0.1) is 0 Å². The minimum atomic E-state index is -1.04. The summed E-state index contributed by atoms with van der Waals surface area (Å²) in [5.74, 6) is -1.18. The molecular formula is C16H17NO4S. The molecule has 1 aromatic heterocycles. The normalized spacial score (nSPS) is 10.4. The summed E-state index contributed by atoms with van der Waals surface area (Å²) >= 11 is 1.60. The van der Waals surface area contributed by atoms with E-state index >= 15 is 0 Å². The Morgan fingerprint density at radius 3 is 2.73 bits per heavy atom. The predicted octanol–water partition coefficient (Wildman–Crippen LogP) is 3.16. The fourth-order valence-corrected chi connectivity index (χ4v) is 2.76. The summed E-state index contributed by atoms with van der Waals surface area (Å²) in [6.07, 6.45) is 1.02. The minimum Gasteiger partial charge on any atom is -0.478 e. The zero-order chi connectivity index (χ0) is 15.9. The third-order valence-electron chi connectivity index (χ3n) is 3.06. The van der Waals surface area contributed by atoms with E-state index in [1.807, 2.05) is 16.8 Å². The summed E-state index contributed by atoms with van der Waals surface area (Å²) in [5, 5.41) is 15.8. The molecule has 0 saturated carbocycles. The Kier molecular flexibility index (Phi) is 5.68. The van der Waals surface area contributed by atoms with Crippen LogP contribution < -0.4 is 5.32 Å². The van der Waals surface area contributed by atoms with Crippen LogP contribution in [0, 0.1) is 0 Å². The van der Waals surface area contributed by atoms with Crippen molar-refractivity contribution in [1.29, 1.82) is 0 Å². The summed E-state index contributed by atoms with van der Waals surface area (Å²) < 4.78 is 5.01. The van der Waals surface area contributed by atoms with Crippen LogP contribution in [0.1, 0.15) is 27.9 Å². The number of methoxy groups -OCH3 is 1. The second kappa shape index (κ2) is 7.72. The van der Waals surface area contributed by atoms with Crippen molar-refractivity contribution in [1.82, 2.24) is 0 Å². The number of carboxylic acid groups (broad SMARTS) is 1. The van der Waals surface area contributed by atoms with E-state index in [2.05, 4.69) is 5.32 Å². The van der Waals surface area contributed by atoms with Crippen molar-refractivity contribution >= 4 is 28.9 Å². The molecule has 6 heteroatoms. The first-order valence-corrected chi connectivity index (χ1v) is 7.70. The fourth-order valence-electron chi connectivity index (χ4n) is 2.05. The van der Waals surface area contributed by atoms with Crippen LogP contribution in [0.3, 0.4) is 0 Å². The van der Waals surface area contributed by atoms with E-state index in [1.54, 1.807) is 17.4 Å². The van der Waals surface area contributed by atoms with E-state index in [9.17, 15) is 9.59 Å². The smallest absolute Gasteiger partial charge is 0.335 e. The van der Waals surface area contributed by atoms with Crippen LogP contribution in [0.15, 0.2) is 35.0 Å². The zero-order valence-corrected chi connectivity index (χ0v) is 13.0. The number of aromatic carboxylic acids is 1. The average Bonchev–Trinajstić information content (AvgIpc) is 2.98. The van der Waals surface area contributed by atoms with Crippen LogP contribution in [0.2, 0.25) is 0 Å². The number of carboxylic acids is 1. The largest absolute Gasteiger partial charge is 0.478 e. The van der Waals surface area contributed by atoms with Gasteiger partial charge in [0.1, 0.15) is 0 Å². The van der Waals surface area contributed by atoms with Crippen LogP contribution in [-0.4, -0.2) is 24.1 Å². The molecule has 0 spiro atoms. The number of rotatable bonds is 7. The molecule has 0 radical (unpaired) electrons. The van der Waals surface area contributed by atoms with Crippen molar-refractivity contribution in [2.75, 3.05) is 12.4 Å². The van der Waals surface area contributed by atoms with Crippen LogP contribution in [0.4, 0.5) is 5.69 Å². The number of anilines is 1. The van der Waals surface area contributed by atoms with E-state index < -0.39 is 5.97 Å². The number of ether oxygens (including phenoxy) is 1. The van der Waals surface area contributed by atoms with Crippen molar-refractivity contribution in [2.24, 2.45) is 0 Å². The van der Waals surface area contributed by atoms with Gasteiger partial charge < -0.3 is 15.2 Å². The number of hydrogen-bond donors (Lipinski definition) is 2. The summed E-state index contributed by atoms with van der Waals surface area (Å²) in [7, 11) is 1.53. The van der Waals surface area contributed by atoms with Gasteiger partial charge in [-0.3, -0.25) is 4.79 Å². The van der Waals surface area contributed by atoms with E-state index in [-0.39, 0.29) is 11.5 Å². The van der Waals surface area contributed by atoms with Crippen molar-refractivity contribution in [2.45, 2.75) is 19.4 Å². The topological polar surface area (TPSA) is 75.6 Å². The number of carbonyl (C=O) groups excluding carboxylic acids is 1. The lowest BCUT2D eigenvalue weighted by Gasteiger charge is -2.09. The Balaban J connectivity index is 2.03. The lowest BCUT2D eigenvalue weighted by Crippen LogP contribution is -2.13. The van der Waals surface area contributed by atoms with Gasteiger partial charge in [-0.1, -0.05) is 0 Å². The number of benzene rings is 1. The van der Waals surface area contributed by atoms with Gasteiger partial charge in [-0.2, -0.15) is 11.3 Å². The molecule has 0 saturated heterocycles. The Hall–Kier alpha value is -2.18. The molecule has 1 aromatic carbocycles. The third-order valence-corrected chi connectivity index (χ3v) is 3.79. The molecule has 0 fully saturated rings. The maximum absolute atomic E-state index is 12.0. The molecule has 116 valence electrons. The van der Waals surface area contributed by atoms with Gasteiger partial charge in [0.05, 0.1) is 12.2 Å². The Bertz CT molecular complexity index is 652. The molecule has 2 aromatic rings. The standard InChI is InChI=1S/C16H17NO4S/c1-21-9-12-6-13(16(19)20)8-14(7-12)17-15(18)3-2-11-4-5-22-10-11/h4-8,10H,2-3,9H2,1H3,(H,17,18)(H,19,20).